The van der Waals surface area contributed by atoms with E-state index in [9.17, 15) is 14.9 Å². The lowest BCUT2D eigenvalue weighted by Crippen LogP contribution is -2.18. The highest BCUT2D eigenvalue weighted by Gasteiger charge is 2.17. The molecule has 0 fully saturated rings. The molecule has 8 nitrogen and oxygen atoms in total. The summed E-state index contributed by atoms with van der Waals surface area (Å²) in [5, 5.41) is 14.7. The third-order valence-electron chi connectivity index (χ3n) is 3.19. The van der Waals surface area contributed by atoms with E-state index in [1.165, 1.54) is 25.5 Å². The van der Waals surface area contributed by atoms with Gasteiger partial charge in [0.15, 0.2) is 0 Å². The Morgan fingerprint density at radius 1 is 1.32 bits per heavy atom. The van der Waals surface area contributed by atoms with Crippen LogP contribution in [0.4, 0.5) is 5.69 Å². The number of nitrogens with zero attached hydrogens (tertiary/aromatic N) is 2. The fourth-order valence-corrected chi connectivity index (χ4v) is 2.06. The average Bonchev–Trinajstić information content (AvgIpc) is 2.61. The summed E-state index contributed by atoms with van der Waals surface area (Å²) < 4.78 is 10.4. The number of carbonyl (C=O) groups is 1. The van der Waals surface area contributed by atoms with Crippen molar-refractivity contribution < 1.29 is 19.2 Å². The van der Waals surface area contributed by atoms with Crippen LogP contribution in [0.5, 0.6) is 11.5 Å². The van der Waals surface area contributed by atoms with Crippen LogP contribution < -0.4 is 14.9 Å². The van der Waals surface area contributed by atoms with Crippen molar-refractivity contribution in [3.63, 3.8) is 0 Å². The minimum atomic E-state index is -0.613. The maximum atomic E-state index is 12.2. The van der Waals surface area contributed by atoms with E-state index in [0.29, 0.717) is 12.4 Å². The summed E-state index contributed by atoms with van der Waals surface area (Å²) >= 11 is 0. The lowest BCUT2D eigenvalue weighted by atomic mass is 10.1. The van der Waals surface area contributed by atoms with E-state index >= 15 is 0 Å². The molecule has 0 spiro atoms. The Bertz CT molecular complexity index is 805. The van der Waals surface area contributed by atoms with Crippen LogP contribution in [0.3, 0.4) is 0 Å². The fraction of sp³-hybridized carbons (Fsp3) is 0.176. The van der Waals surface area contributed by atoms with Crippen molar-refractivity contribution in [2.45, 2.75) is 6.92 Å². The van der Waals surface area contributed by atoms with Gasteiger partial charge < -0.3 is 9.47 Å². The number of carbonyl (C=O) groups excluding carboxylic acids is 1. The van der Waals surface area contributed by atoms with Crippen molar-refractivity contribution in [1.82, 2.24) is 5.43 Å². The first kappa shape index (κ1) is 17.9. The van der Waals surface area contributed by atoms with E-state index < -0.39 is 10.8 Å². The Morgan fingerprint density at radius 2 is 2.12 bits per heavy atom. The van der Waals surface area contributed by atoms with Gasteiger partial charge >= 0.3 is 0 Å². The molecule has 0 aromatic heterocycles. The summed E-state index contributed by atoms with van der Waals surface area (Å²) in [4.78, 5) is 22.5. The van der Waals surface area contributed by atoms with E-state index in [1.807, 2.05) is 13.0 Å². The van der Waals surface area contributed by atoms with Crippen LogP contribution >= 0.6 is 0 Å². The molecule has 2 rings (SSSR count). The lowest BCUT2D eigenvalue weighted by Gasteiger charge is -2.06. The van der Waals surface area contributed by atoms with Crippen LogP contribution in [0.15, 0.2) is 47.6 Å². The van der Waals surface area contributed by atoms with Gasteiger partial charge in [-0.3, -0.25) is 14.9 Å². The predicted octanol–water partition coefficient (Wildman–Crippen LogP) is 2.77. The van der Waals surface area contributed by atoms with Crippen molar-refractivity contribution in [3.05, 3.63) is 63.7 Å². The summed E-state index contributed by atoms with van der Waals surface area (Å²) in [6.45, 7) is 2.43. The number of methoxy groups -OCH3 is 1. The Kier molecular flexibility index (Phi) is 6.05. The predicted molar refractivity (Wildman–Crippen MR) is 92.3 cm³/mol. The largest absolute Gasteiger partial charge is 0.496 e. The Labute approximate surface area is 144 Å². The summed E-state index contributed by atoms with van der Waals surface area (Å²) in [6, 6.07) is 10.9. The molecule has 0 atom stereocenters. The molecular weight excluding hydrogens is 326 g/mol. The van der Waals surface area contributed by atoms with Crippen LogP contribution in [0.2, 0.25) is 0 Å². The SMILES string of the molecule is CCOc1cccc(/C=N/NC(=O)c2cc([N+](=O)[O-])ccc2OC)c1. The molecule has 1 amide bonds. The fourth-order valence-electron chi connectivity index (χ4n) is 2.06. The smallest absolute Gasteiger partial charge is 0.275 e. The summed E-state index contributed by atoms with van der Waals surface area (Å²) in [7, 11) is 1.38. The molecule has 0 unspecified atom stereocenters. The molecule has 0 aliphatic heterocycles. The minimum absolute atomic E-state index is 0.0249. The van der Waals surface area contributed by atoms with E-state index in [2.05, 4.69) is 10.5 Å². The minimum Gasteiger partial charge on any atom is -0.496 e. The van der Waals surface area contributed by atoms with Crippen LogP contribution in [-0.2, 0) is 0 Å². The number of non-ortho nitro benzene ring substituents is 1. The number of hydrazone groups is 1. The number of amides is 1. The molecule has 0 saturated carbocycles. The van der Waals surface area contributed by atoms with Crippen LogP contribution in [-0.4, -0.2) is 30.8 Å². The molecule has 8 heteroatoms. The maximum absolute atomic E-state index is 12.2. The zero-order chi connectivity index (χ0) is 18.2. The second-order valence-corrected chi connectivity index (χ2v) is 4.85. The molecule has 2 aromatic rings. The molecule has 2 aromatic carbocycles. The Balaban J connectivity index is 2.13. The zero-order valence-corrected chi connectivity index (χ0v) is 13.8. The zero-order valence-electron chi connectivity index (χ0n) is 13.8. The molecular formula is C17H17N3O5. The average molecular weight is 343 g/mol. The summed E-state index contributed by atoms with van der Waals surface area (Å²) in [6.07, 6.45) is 1.45. The molecule has 1 N–H and O–H groups in total. The van der Waals surface area contributed by atoms with Gasteiger partial charge in [0, 0.05) is 12.1 Å². The quantitative estimate of drug-likeness (QED) is 0.473. The van der Waals surface area contributed by atoms with E-state index in [1.54, 1.807) is 18.2 Å². The molecule has 0 bridgehead atoms. The van der Waals surface area contributed by atoms with Crippen molar-refractivity contribution in [2.75, 3.05) is 13.7 Å². The summed E-state index contributed by atoms with van der Waals surface area (Å²) in [5.41, 5.74) is 2.88. The first-order valence-corrected chi connectivity index (χ1v) is 7.44. The van der Waals surface area contributed by atoms with Gasteiger partial charge in [0.1, 0.15) is 11.5 Å². The topological polar surface area (TPSA) is 103 Å². The molecule has 0 saturated heterocycles. The van der Waals surface area contributed by atoms with Gasteiger partial charge in [-0.15, -0.1) is 0 Å². The molecule has 130 valence electrons. The summed E-state index contributed by atoms with van der Waals surface area (Å²) in [5.74, 6) is 0.299. The number of rotatable bonds is 7. The lowest BCUT2D eigenvalue weighted by molar-refractivity contribution is -0.384. The highest BCUT2D eigenvalue weighted by Crippen LogP contribution is 2.23. The van der Waals surface area contributed by atoms with Crippen molar-refractivity contribution >= 4 is 17.8 Å². The van der Waals surface area contributed by atoms with Crippen LogP contribution in [0.25, 0.3) is 0 Å². The van der Waals surface area contributed by atoms with Gasteiger partial charge in [-0.1, -0.05) is 12.1 Å². The third kappa shape index (κ3) is 4.77. The van der Waals surface area contributed by atoms with Crippen molar-refractivity contribution in [2.24, 2.45) is 5.10 Å². The number of nitro benzene ring substituents is 1. The van der Waals surface area contributed by atoms with Gasteiger partial charge in [0.05, 0.1) is 30.4 Å². The molecule has 25 heavy (non-hydrogen) atoms. The van der Waals surface area contributed by atoms with E-state index in [-0.39, 0.29) is 17.0 Å². The number of hydrogen-bond donors (Lipinski definition) is 1. The molecule has 0 aliphatic rings. The highest BCUT2D eigenvalue weighted by atomic mass is 16.6. The Morgan fingerprint density at radius 3 is 2.80 bits per heavy atom. The van der Waals surface area contributed by atoms with E-state index in [4.69, 9.17) is 9.47 Å². The van der Waals surface area contributed by atoms with Crippen LogP contribution in [0, 0.1) is 10.1 Å². The highest BCUT2D eigenvalue weighted by molar-refractivity contribution is 5.98. The molecule has 0 heterocycles. The second kappa shape index (κ2) is 8.44. The van der Waals surface area contributed by atoms with E-state index in [0.717, 1.165) is 11.6 Å². The molecule has 0 aliphatic carbocycles. The number of ether oxygens (including phenoxy) is 2. The van der Waals surface area contributed by atoms with Crippen LogP contribution in [0.1, 0.15) is 22.8 Å². The normalized spacial score (nSPS) is 10.5. The third-order valence-corrected chi connectivity index (χ3v) is 3.19. The van der Waals surface area contributed by atoms with Gasteiger partial charge in [0.25, 0.3) is 11.6 Å². The number of hydrogen-bond acceptors (Lipinski definition) is 6. The molecule has 0 radical (unpaired) electrons. The van der Waals surface area contributed by atoms with Crippen molar-refractivity contribution in [3.8, 4) is 11.5 Å². The standard InChI is InChI=1S/C17H17N3O5/c1-3-25-14-6-4-5-12(9-14)11-18-19-17(21)15-10-13(20(22)23)7-8-16(15)24-2/h4-11H,3H2,1-2H3,(H,19,21)/b18-11+. The second-order valence-electron chi connectivity index (χ2n) is 4.85. The maximum Gasteiger partial charge on any atom is 0.275 e. The van der Waals surface area contributed by atoms with Gasteiger partial charge in [-0.05, 0) is 30.7 Å². The number of nitro groups is 1. The van der Waals surface area contributed by atoms with Gasteiger partial charge in [-0.2, -0.15) is 5.10 Å². The number of benzene rings is 2. The monoisotopic (exact) mass is 343 g/mol. The first-order valence-electron chi connectivity index (χ1n) is 7.44. The number of nitrogens with one attached hydrogen (secondary N) is 1. The van der Waals surface area contributed by atoms with Gasteiger partial charge in [0.2, 0.25) is 0 Å². The van der Waals surface area contributed by atoms with Gasteiger partial charge in [-0.25, -0.2) is 5.43 Å². The Hall–Kier alpha value is -3.42. The van der Waals surface area contributed by atoms with Crippen molar-refractivity contribution in [1.29, 1.82) is 0 Å². The first-order chi connectivity index (χ1) is 12.0.